The summed E-state index contributed by atoms with van der Waals surface area (Å²) in [6, 6.07) is 10.7. The van der Waals surface area contributed by atoms with Crippen LogP contribution in [-0.4, -0.2) is 60.9 Å². The molecule has 0 aromatic carbocycles. The van der Waals surface area contributed by atoms with Crippen molar-refractivity contribution in [2.24, 2.45) is 0 Å². The number of carbonyl (C=O) groups is 1. The van der Waals surface area contributed by atoms with Gasteiger partial charge in [0.2, 0.25) is 0 Å². The number of pyridine rings is 2. The third kappa shape index (κ3) is 4.70. The Morgan fingerprint density at radius 1 is 1.08 bits per heavy atom. The van der Waals surface area contributed by atoms with Gasteiger partial charge in [0.25, 0.3) is 5.91 Å². The number of β-amino-alcohol motifs (C(OH)–C–C–N with tert-alkyl or cyclic N) is 1. The van der Waals surface area contributed by atoms with E-state index in [4.69, 9.17) is 0 Å². The van der Waals surface area contributed by atoms with Gasteiger partial charge in [0.05, 0.1) is 52.6 Å². The zero-order valence-electron chi connectivity index (χ0n) is 21.7. The molecule has 9 heteroatoms. The van der Waals surface area contributed by atoms with Crippen LogP contribution in [0.1, 0.15) is 78.2 Å². The Bertz CT molecular complexity index is 1350. The van der Waals surface area contributed by atoms with Gasteiger partial charge in [0, 0.05) is 25.3 Å². The van der Waals surface area contributed by atoms with Crippen LogP contribution >= 0.6 is 0 Å². The molecule has 3 aromatic rings. The molecule has 1 unspecified atom stereocenters. The summed E-state index contributed by atoms with van der Waals surface area (Å²) in [4.78, 5) is 24.6. The summed E-state index contributed by atoms with van der Waals surface area (Å²) in [5.41, 5.74) is 3.15. The predicted octanol–water partition coefficient (Wildman–Crippen LogP) is 3.87. The molecule has 1 aliphatic heterocycles. The molecule has 1 amide bonds. The van der Waals surface area contributed by atoms with Crippen molar-refractivity contribution in [3.63, 3.8) is 0 Å². The number of hydrogen-bond donors (Lipinski definition) is 2. The van der Waals surface area contributed by atoms with E-state index in [2.05, 4.69) is 37.4 Å². The second kappa shape index (κ2) is 9.93. The van der Waals surface area contributed by atoms with E-state index < -0.39 is 5.41 Å². The van der Waals surface area contributed by atoms with Crippen molar-refractivity contribution in [2.45, 2.75) is 75.3 Å². The lowest BCUT2D eigenvalue weighted by molar-refractivity contribution is 0.102. The van der Waals surface area contributed by atoms with Crippen LogP contribution in [-0.2, 0) is 5.41 Å². The lowest BCUT2D eigenvalue weighted by Crippen LogP contribution is -2.41. The highest BCUT2D eigenvalue weighted by Gasteiger charge is 2.41. The zero-order valence-corrected chi connectivity index (χ0v) is 21.7. The maximum absolute atomic E-state index is 13.0. The number of amides is 1. The van der Waals surface area contributed by atoms with Crippen molar-refractivity contribution in [2.75, 3.05) is 18.4 Å². The van der Waals surface area contributed by atoms with Crippen molar-refractivity contribution < 1.29 is 9.90 Å². The Morgan fingerprint density at radius 2 is 1.89 bits per heavy atom. The van der Waals surface area contributed by atoms with E-state index in [-0.39, 0.29) is 12.0 Å². The molecule has 2 saturated carbocycles. The molecule has 1 atom stereocenters. The van der Waals surface area contributed by atoms with Gasteiger partial charge in [-0.05, 0) is 81.5 Å². The molecule has 1 saturated heterocycles. The molecular weight excluding hydrogens is 478 g/mol. The monoisotopic (exact) mass is 511 g/mol. The predicted molar refractivity (Wildman–Crippen MR) is 142 cm³/mol. The molecule has 0 spiro atoms. The van der Waals surface area contributed by atoms with E-state index in [1.807, 2.05) is 31.3 Å². The number of nitriles is 1. The molecule has 0 bridgehead atoms. The summed E-state index contributed by atoms with van der Waals surface area (Å²) in [5, 5.41) is 27.3. The van der Waals surface area contributed by atoms with Crippen molar-refractivity contribution in [3.8, 4) is 11.9 Å². The summed E-state index contributed by atoms with van der Waals surface area (Å²) in [7, 11) is 0. The molecule has 9 nitrogen and oxygen atoms in total. The minimum Gasteiger partial charge on any atom is -0.392 e. The highest BCUT2D eigenvalue weighted by molar-refractivity contribution is 6.04. The summed E-state index contributed by atoms with van der Waals surface area (Å²) >= 11 is 0. The molecule has 2 N–H and O–H groups in total. The van der Waals surface area contributed by atoms with Crippen molar-refractivity contribution in [1.29, 1.82) is 5.26 Å². The van der Waals surface area contributed by atoms with Crippen molar-refractivity contribution in [3.05, 3.63) is 65.4 Å². The molecule has 3 fully saturated rings. The number of nitrogens with zero attached hydrogens (tertiary/aromatic N) is 6. The summed E-state index contributed by atoms with van der Waals surface area (Å²) in [5.74, 6) is 1.07. The molecular formula is C29H33N7O2. The Balaban J connectivity index is 1.11. The van der Waals surface area contributed by atoms with Crippen molar-refractivity contribution >= 4 is 11.6 Å². The zero-order chi connectivity index (χ0) is 26.3. The molecule has 6 rings (SSSR count). The molecule has 4 heterocycles. The van der Waals surface area contributed by atoms with Crippen LogP contribution < -0.4 is 5.32 Å². The topological polar surface area (TPSA) is 120 Å². The first-order chi connectivity index (χ1) is 18.5. The first-order valence-electron chi connectivity index (χ1n) is 13.6. The van der Waals surface area contributed by atoms with Gasteiger partial charge >= 0.3 is 0 Å². The minimum atomic E-state index is -0.614. The number of likely N-dealkylation sites (tertiary alicyclic amines) is 1. The Hall–Kier alpha value is -3.61. The van der Waals surface area contributed by atoms with E-state index in [0.29, 0.717) is 34.7 Å². The third-order valence-corrected chi connectivity index (χ3v) is 8.54. The van der Waals surface area contributed by atoms with E-state index in [0.717, 1.165) is 50.9 Å². The van der Waals surface area contributed by atoms with E-state index >= 15 is 0 Å². The standard InChI is InChI=1S/C29H33N7O2/c1-19-25(16-33-36(19)27-7-4-21(14-32-27)20-2-3-20)28(38)34-22-5-6-26(31-15-22)29(18-30)11-8-23(9-12-29)35-13-10-24(37)17-35/h4-7,14-16,20,23-24,37H,2-3,8-13,17H2,1H3,(H,34,38). The van der Waals surface area contributed by atoms with Gasteiger partial charge in [0.15, 0.2) is 5.82 Å². The average Bonchev–Trinajstić information content (AvgIpc) is 3.60. The lowest BCUT2D eigenvalue weighted by Gasteiger charge is -2.38. The first-order valence-corrected chi connectivity index (χ1v) is 13.6. The fourth-order valence-electron chi connectivity index (χ4n) is 5.98. The average molecular weight is 512 g/mol. The number of rotatable bonds is 6. The highest BCUT2D eigenvalue weighted by Crippen LogP contribution is 2.41. The summed E-state index contributed by atoms with van der Waals surface area (Å²) < 4.78 is 1.68. The van der Waals surface area contributed by atoms with Gasteiger partial charge in [0.1, 0.15) is 0 Å². The second-order valence-corrected chi connectivity index (χ2v) is 11.0. The Kier molecular flexibility index (Phi) is 6.46. The molecule has 3 aromatic heterocycles. The van der Waals surface area contributed by atoms with Gasteiger partial charge in [-0.15, -0.1) is 0 Å². The van der Waals surface area contributed by atoms with Gasteiger partial charge in [-0.1, -0.05) is 6.07 Å². The third-order valence-electron chi connectivity index (χ3n) is 8.54. The van der Waals surface area contributed by atoms with Crippen LogP contribution in [0.25, 0.3) is 5.82 Å². The van der Waals surface area contributed by atoms with Gasteiger partial charge < -0.3 is 10.4 Å². The van der Waals surface area contributed by atoms with E-state index in [9.17, 15) is 15.2 Å². The number of aliphatic hydroxyl groups is 1. The van der Waals surface area contributed by atoms with Crippen LogP contribution in [0, 0.1) is 18.3 Å². The number of anilines is 1. The van der Waals surface area contributed by atoms with Crippen LogP contribution in [0.4, 0.5) is 5.69 Å². The summed E-state index contributed by atoms with van der Waals surface area (Å²) in [6.07, 6.45) is 11.5. The van der Waals surface area contributed by atoms with Crippen LogP contribution in [0.15, 0.2) is 42.9 Å². The molecule has 2 aliphatic carbocycles. The molecule has 3 aliphatic rings. The molecule has 38 heavy (non-hydrogen) atoms. The normalized spacial score (nSPS) is 25.7. The van der Waals surface area contributed by atoms with E-state index in [1.165, 1.54) is 18.4 Å². The smallest absolute Gasteiger partial charge is 0.259 e. The lowest BCUT2D eigenvalue weighted by atomic mass is 9.71. The van der Waals surface area contributed by atoms with E-state index in [1.54, 1.807) is 17.1 Å². The van der Waals surface area contributed by atoms with Gasteiger partial charge in [-0.3, -0.25) is 14.7 Å². The number of nitrogens with one attached hydrogen (secondary N) is 1. The fraction of sp³-hybridized carbons (Fsp3) is 0.483. The number of aromatic nitrogens is 4. The summed E-state index contributed by atoms with van der Waals surface area (Å²) in [6.45, 7) is 3.52. The fourth-order valence-corrected chi connectivity index (χ4v) is 5.98. The maximum Gasteiger partial charge on any atom is 0.259 e. The van der Waals surface area contributed by atoms with Crippen LogP contribution in [0.3, 0.4) is 0 Å². The number of aliphatic hydroxyl groups excluding tert-OH is 1. The quantitative estimate of drug-likeness (QED) is 0.515. The largest absolute Gasteiger partial charge is 0.392 e. The number of hydrogen-bond acceptors (Lipinski definition) is 7. The Labute approximate surface area is 222 Å². The first kappa shape index (κ1) is 24.7. The maximum atomic E-state index is 13.0. The van der Waals surface area contributed by atoms with Gasteiger partial charge in [-0.25, -0.2) is 9.67 Å². The highest BCUT2D eigenvalue weighted by atomic mass is 16.3. The number of carbonyl (C=O) groups excluding carboxylic acids is 1. The minimum absolute atomic E-state index is 0.227. The molecule has 0 radical (unpaired) electrons. The second-order valence-electron chi connectivity index (χ2n) is 11.0. The SMILES string of the molecule is Cc1c(C(=O)Nc2ccc(C3(C#N)CCC(N4CCC(O)C4)CC3)nc2)cnn1-c1ccc(C2CC2)cn1. The van der Waals surface area contributed by atoms with Gasteiger partial charge in [-0.2, -0.15) is 10.4 Å². The molecule has 196 valence electrons. The van der Waals surface area contributed by atoms with Crippen LogP contribution in [0.2, 0.25) is 0 Å². The Morgan fingerprint density at radius 3 is 2.50 bits per heavy atom. The van der Waals surface area contributed by atoms with Crippen LogP contribution in [0.5, 0.6) is 0 Å². The van der Waals surface area contributed by atoms with Crippen molar-refractivity contribution in [1.82, 2.24) is 24.6 Å².